The zero-order chi connectivity index (χ0) is 13.5. The second-order valence-corrected chi connectivity index (χ2v) is 4.59. The largest absolute Gasteiger partial charge is 0.310 e. The molecule has 0 aliphatic heterocycles. The quantitative estimate of drug-likeness (QED) is 0.857. The Bertz CT molecular complexity index is 499. The van der Waals surface area contributed by atoms with Gasteiger partial charge in [0.15, 0.2) is 0 Å². The van der Waals surface area contributed by atoms with Crippen LogP contribution in [0.25, 0.3) is 0 Å². The number of hydrogen-bond donors (Lipinski definition) is 1. The van der Waals surface area contributed by atoms with Gasteiger partial charge in [0.25, 0.3) is 0 Å². The van der Waals surface area contributed by atoms with E-state index in [4.69, 9.17) is 0 Å². The average Bonchev–Trinajstić information content (AvgIpc) is 2.46. The summed E-state index contributed by atoms with van der Waals surface area (Å²) < 4.78 is 13.7. The molecule has 3 heteroatoms. The number of rotatable bonds is 6. The van der Waals surface area contributed by atoms with Crippen LogP contribution in [-0.4, -0.2) is 11.5 Å². The smallest absolute Gasteiger partial charge is 0.126 e. The van der Waals surface area contributed by atoms with Crippen LogP contribution in [-0.2, 0) is 6.42 Å². The molecule has 2 rings (SSSR count). The molecular weight excluding hydrogens is 239 g/mol. The van der Waals surface area contributed by atoms with Crippen molar-refractivity contribution in [3.63, 3.8) is 0 Å². The maximum atomic E-state index is 13.7. The number of nitrogens with one attached hydrogen (secondary N) is 1. The zero-order valence-electron chi connectivity index (χ0n) is 11.1. The molecule has 1 atom stereocenters. The summed E-state index contributed by atoms with van der Waals surface area (Å²) in [7, 11) is 0. The molecular formula is C16H19FN2. The molecule has 0 amide bonds. The first-order valence-electron chi connectivity index (χ1n) is 6.68. The minimum absolute atomic E-state index is 0.102. The van der Waals surface area contributed by atoms with E-state index in [9.17, 15) is 4.39 Å². The van der Waals surface area contributed by atoms with Gasteiger partial charge in [-0.3, -0.25) is 4.98 Å². The fourth-order valence-corrected chi connectivity index (χ4v) is 2.09. The van der Waals surface area contributed by atoms with Gasteiger partial charge in [-0.15, -0.1) is 0 Å². The minimum atomic E-state index is -0.144. The lowest BCUT2D eigenvalue weighted by molar-refractivity contribution is 0.512. The van der Waals surface area contributed by atoms with Crippen LogP contribution in [0.4, 0.5) is 4.39 Å². The molecule has 100 valence electrons. The first-order chi connectivity index (χ1) is 9.31. The van der Waals surface area contributed by atoms with Crippen LogP contribution in [0.2, 0.25) is 0 Å². The summed E-state index contributed by atoms with van der Waals surface area (Å²) in [6.07, 6.45) is 5.28. The van der Waals surface area contributed by atoms with Crippen LogP contribution < -0.4 is 5.32 Å². The highest BCUT2D eigenvalue weighted by Crippen LogP contribution is 2.19. The topological polar surface area (TPSA) is 24.9 Å². The van der Waals surface area contributed by atoms with Gasteiger partial charge in [0.1, 0.15) is 5.82 Å². The molecule has 0 saturated carbocycles. The highest BCUT2D eigenvalue weighted by atomic mass is 19.1. The van der Waals surface area contributed by atoms with Gasteiger partial charge in [0, 0.05) is 18.4 Å². The highest BCUT2D eigenvalue weighted by molar-refractivity contribution is 5.22. The predicted octanol–water partition coefficient (Wildman–Crippen LogP) is 3.50. The van der Waals surface area contributed by atoms with Crippen LogP contribution in [0.5, 0.6) is 0 Å². The molecule has 0 radical (unpaired) electrons. The molecule has 1 aromatic heterocycles. The average molecular weight is 258 g/mol. The second kappa shape index (κ2) is 7.00. The Kier molecular flexibility index (Phi) is 5.04. The Labute approximate surface area is 113 Å². The van der Waals surface area contributed by atoms with E-state index in [1.54, 1.807) is 12.3 Å². The van der Waals surface area contributed by atoms with Crippen LogP contribution in [0.3, 0.4) is 0 Å². The highest BCUT2D eigenvalue weighted by Gasteiger charge is 2.13. The Balaban J connectivity index is 2.17. The van der Waals surface area contributed by atoms with E-state index < -0.39 is 0 Å². The van der Waals surface area contributed by atoms with Crippen molar-refractivity contribution in [3.8, 4) is 0 Å². The molecule has 0 bridgehead atoms. The first kappa shape index (κ1) is 13.7. The lowest BCUT2D eigenvalue weighted by atomic mass is 9.99. The summed E-state index contributed by atoms with van der Waals surface area (Å²) in [4.78, 5) is 4.14. The van der Waals surface area contributed by atoms with E-state index in [0.717, 1.165) is 24.1 Å². The van der Waals surface area contributed by atoms with Gasteiger partial charge >= 0.3 is 0 Å². The summed E-state index contributed by atoms with van der Waals surface area (Å²) in [5.41, 5.74) is 1.83. The Morgan fingerprint density at radius 1 is 1.21 bits per heavy atom. The van der Waals surface area contributed by atoms with E-state index in [1.165, 1.54) is 6.07 Å². The third kappa shape index (κ3) is 3.86. The van der Waals surface area contributed by atoms with Crippen molar-refractivity contribution in [2.24, 2.45) is 0 Å². The van der Waals surface area contributed by atoms with Gasteiger partial charge < -0.3 is 5.32 Å². The Morgan fingerprint density at radius 2 is 2.05 bits per heavy atom. The maximum absolute atomic E-state index is 13.7. The normalized spacial score (nSPS) is 12.3. The molecule has 2 nitrogen and oxygen atoms in total. The third-order valence-electron chi connectivity index (χ3n) is 3.11. The van der Waals surface area contributed by atoms with Crippen molar-refractivity contribution < 1.29 is 4.39 Å². The van der Waals surface area contributed by atoms with Crippen molar-refractivity contribution in [3.05, 3.63) is 65.7 Å². The van der Waals surface area contributed by atoms with Gasteiger partial charge in [-0.25, -0.2) is 4.39 Å². The van der Waals surface area contributed by atoms with E-state index >= 15 is 0 Å². The number of pyridine rings is 1. The molecule has 0 aliphatic rings. The fraction of sp³-hybridized carbons (Fsp3) is 0.312. The van der Waals surface area contributed by atoms with Gasteiger partial charge in [0.2, 0.25) is 0 Å². The number of benzene rings is 1. The van der Waals surface area contributed by atoms with E-state index in [-0.39, 0.29) is 11.9 Å². The molecule has 0 spiro atoms. The van der Waals surface area contributed by atoms with Crippen molar-refractivity contribution in [2.75, 3.05) is 6.54 Å². The third-order valence-corrected chi connectivity index (χ3v) is 3.11. The Hall–Kier alpha value is -1.74. The molecule has 19 heavy (non-hydrogen) atoms. The molecule has 1 N–H and O–H groups in total. The lowest BCUT2D eigenvalue weighted by Gasteiger charge is -2.19. The monoisotopic (exact) mass is 258 g/mol. The molecule has 2 aromatic rings. The van der Waals surface area contributed by atoms with Crippen LogP contribution in [0.15, 0.2) is 48.8 Å². The molecule has 1 heterocycles. The standard InChI is InChI=1S/C16H19FN2/c1-2-9-19-16(14-7-5-10-18-12-14)11-13-6-3-4-8-15(13)17/h3-8,10,12,16,19H,2,9,11H2,1H3. The zero-order valence-corrected chi connectivity index (χ0v) is 11.1. The van der Waals surface area contributed by atoms with Gasteiger partial charge in [-0.05, 0) is 42.6 Å². The summed E-state index contributed by atoms with van der Waals surface area (Å²) in [6.45, 7) is 3.03. The SMILES string of the molecule is CCCNC(Cc1ccccc1F)c1cccnc1. The fourth-order valence-electron chi connectivity index (χ4n) is 2.09. The van der Waals surface area contributed by atoms with Gasteiger partial charge in [-0.2, -0.15) is 0 Å². The summed E-state index contributed by atoms with van der Waals surface area (Å²) in [6, 6.07) is 11.0. The summed E-state index contributed by atoms with van der Waals surface area (Å²) in [5.74, 6) is -0.144. The lowest BCUT2D eigenvalue weighted by Crippen LogP contribution is -2.24. The second-order valence-electron chi connectivity index (χ2n) is 4.59. The molecule has 0 aliphatic carbocycles. The van der Waals surface area contributed by atoms with Crippen molar-refractivity contribution in [1.82, 2.24) is 10.3 Å². The Morgan fingerprint density at radius 3 is 2.74 bits per heavy atom. The summed E-state index contributed by atoms with van der Waals surface area (Å²) >= 11 is 0. The number of aromatic nitrogens is 1. The van der Waals surface area contributed by atoms with Crippen molar-refractivity contribution in [1.29, 1.82) is 0 Å². The molecule has 0 fully saturated rings. The van der Waals surface area contributed by atoms with Crippen LogP contribution in [0.1, 0.15) is 30.5 Å². The predicted molar refractivity (Wildman–Crippen MR) is 75.4 cm³/mol. The summed E-state index contributed by atoms with van der Waals surface area (Å²) in [5, 5.41) is 3.45. The first-order valence-corrected chi connectivity index (χ1v) is 6.68. The number of nitrogens with zero attached hydrogens (tertiary/aromatic N) is 1. The number of hydrogen-bond acceptors (Lipinski definition) is 2. The van der Waals surface area contributed by atoms with E-state index in [0.29, 0.717) is 6.42 Å². The van der Waals surface area contributed by atoms with Gasteiger partial charge in [0.05, 0.1) is 0 Å². The van der Waals surface area contributed by atoms with Gasteiger partial charge in [-0.1, -0.05) is 31.2 Å². The molecule has 1 unspecified atom stereocenters. The number of halogens is 1. The molecule has 1 aromatic carbocycles. The maximum Gasteiger partial charge on any atom is 0.126 e. The van der Waals surface area contributed by atoms with Crippen LogP contribution >= 0.6 is 0 Å². The van der Waals surface area contributed by atoms with E-state index in [2.05, 4.69) is 17.2 Å². The molecule has 0 saturated heterocycles. The van der Waals surface area contributed by atoms with Crippen molar-refractivity contribution >= 4 is 0 Å². The minimum Gasteiger partial charge on any atom is -0.310 e. The van der Waals surface area contributed by atoms with E-state index in [1.807, 2.05) is 30.5 Å². The van der Waals surface area contributed by atoms with Crippen LogP contribution in [0, 0.1) is 5.82 Å². The van der Waals surface area contributed by atoms with Crippen molar-refractivity contribution in [2.45, 2.75) is 25.8 Å².